The minimum Gasteiger partial charge on any atom is -0.399 e. The van der Waals surface area contributed by atoms with Gasteiger partial charge in [-0.1, -0.05) is 36.4 Å². The van der Waals surface area contributed by atoms with Gasteiger partial charge in [0.15, 0.2) is 0 Å². The van der Waals surface area contributed by atoms with Crippen LogP contribution in [0.4, 0.5) is 5.69 Å². The Kier molecular flexibility index (Phi) is 2.26. The minimum atomic E-state index is 0.780. The van der Waals surface area contributed by atoms with Crippen molar-refractivity contribution in [3.8, 4) is 11.3 Å². The lowest BCUT2D eigenvalue weighted by Crippen LogP contribution is -1.87. The molecule has 0 saturated carbocycles. The van der Waals surface area contributed by atoms with E-state index >= 15 is 0 Å². The van der Waals surface area contributed by atoms with Crippen LogP contribution in [0, 0.1) is 0 Å². The van der Waals surface area contributed by atoms with Gasteiger partial charge in [0.05, 0.1) is 5.69 Å². The largest absolute Gasteiger partial charge is 0.399 e. The second kappa shape index (κ2) is 3.91. The van der Waals surface area contributed by atoms with E-state index < -0.39 is 0 Å². The normalized spacial score (nSPS) is 10.6. The Labute approximate surface area is 99.7 Å². The Morgan fingerprint density at radius 3 is 2.47 bits per heavy atom. The Balaban J connectivity index is 2.19. The fraction of sp³-hybridized carbons (Fsp3) is 0. The van der Waals surface area contributed by atoms with E-state index in [9.17, 15) is 0 Å². The van der Waals surface area contributed by atoms with Crippen molar-refractivity contribution in [1.82, 2.24) is 4.98 Å². The van der Waals surface area contributed by atoms with Gasteiger partial charge in [-0.2, -0.15) is 0 Å². The van der Waals surface area contributed by atoms with E-state index in [0.717, 1.165) is 27.7 Å². The van der Waals surface area contributed by atoms with Gasteiger partial charge in [-0.15, -0.1) is 0 Å². The molecule has 0 saturated heterocycles. The van der Waals surface area contributed by atoms with Crippen molar-refractivity contribution in [3.63, 3.8) is 0 Å². The molecule has 0 radical (unpaired) electrons. The van der Waals surface area contributed by atoms with Crippen LogP contribution in [0.1, 0.15) is 0 Å². The number of nitrogen functional groups attached to an aromatic ring is 1. The van der Waals surface area contributed by atoms with Gasteiger partial charge in [-0.3, -0.25) is 4.98 Å². The summed E-state index contributed by atoms with van der Waals surface area (Å²) in [4.78, 5) is 4.47. The van der Waals surface area contributed by atoms with Crippen molar-refractivity contribution in [2.75, 3.05) is 5.73 Å². The summed E-state index contributed by atoms with van der Waals surface area (Å²) in [5.74, 6) is 0. The number of benzene rings is 2. The Hall–Kier alpha value is -2.35. The molecule has 3 aromatic rings. The molecule has 17 heavy (non-hydrogen) atoms. The molecule has 0 fully saturated rings. The van der Waals surface area contributed by atoms with Gasteiger partial charge in [0.25, 0.3) is 0 Å². The monoisotopic (exact) mass is 220 g/mol. The van der Waals surface area contributed by atoms with Crippen molar-refractivity contribution < 1.29 is 0 Å². The second-order valence-electron chi connectivity index (χ2n) is 4.04. The topological polar surface area (TPSA) is 38.9 Å². The summed E-state index contributed by atoms with van der Waals surface area (Å²) >= 11 is 0. The maximum absolute atomic E-state index is 5.79. The zero-order valence-corrected chi connectivity index (χ0v) is 9.30. The van der Waals surface area contributed by atoms with Gasteiger partial charge < -0.3 is 5.73 Å². The molecule has 2 aromatic carbocycles. The van der Waals surface area contributed by atoms with Crippen LogP contribution < -0.4 is 5.73 Å². The minimum absolute atomic E-state index is 0.780. The Bertz CT molecular complexity index is 660. The molecule has 0 unspecified atom stereocenters. The van der Waals surface area contributed by atoms with E-state index in [2.05, 4.69) is 23.2 Å². The molecule has 3 rings (SSSR count). The van der Waals surface area contributed by atoms with Crippen LogP contribution in [0.15, 0.2) is 60.8 Å². The first-order chi connectivity index (χ1) is 8.33. The van der Waals surface area contributed by atoms with Crippen LogP contribution in [0.2, 0.25) is 0 Å². The maximum atomic E-state index is 5.79. The molecule has 2 heteroatoms. The summed E-state index contributed by atoms with van der Waals surface area (Å²) < 4.78 is 0. The third kappa shape index (κ3) is 1.85. The van der Waals surface area contributed by atoms with Crippen LogP contribution >= 0.6 is 0 Å². The number of pyridine rings is 1. The highest BCUT2D eigenvalue weighted by Crippen LogP contribution is 2.23. The molecule has 2 N–H and O–H groups in total. The first-order valence-electron chi connectivity index (χ1n) is 5.54. The number of aromatic nitrogens is 1. The number of rotatable bonds is 1. The molecule has 2 nitrogen and oxygen atoms in total. The quantitative estimate of drug-likeness (QED) is 0.637. The summed E-state index contributed by atoms with van der Waals surface area (Å²) in [5, 5.41) is 2.23. The van der Waals surface area contributed by atoms with E-state index in [1.165, 1.54) is 0 Å². The first kappa shape index (κ1) is 9.85. The van der Waals surface area contributed by atoms with Gasteiger partial charge in [-0.05, 0) is 23.6 Å². The van der Waals surface area contributed by atoms with Crippen LogP contribution in [-0.4, -0.2) is 4.98 Å². The number of hydrogen-bond acceptors (Lipinski definition) is 2. The third-order valence-electron chi connectivity index (χ3n) is 2.82. The van der Waals surface area contributed by atoms with Gasteiger partial charge in [0, 0.05) is 22.8 Å². The van der Waals surface area contributed by atoms with Crippen LogP contribution in [0.5, 0.6) is 0 Å². The molecule has 0 aliphatic rings. The lowest BCUT2D eigenvalue weighted by molar-refractivity contribution is 1.36. The summed E-state index contributed by atoms with van der Waals surface area (Å²) in [6, 6.07) is 18.1. The maximum Gasteiger partial charge on any atom is 0.0708 e. The van der Waals surface area contributed by atoms with Gasteiger partial charge in [0.1, 0.15) is 0 Å². The standard InChI is InChI=1S/C15H12N2/c16-14-7-6-12-10-17-15(9-13(12)8-14)11-4-2-1-3-5-11/h1-10H,16H2. The molecular weight excluding hydrogens is 208 g/mol. The lowest BCUT2D eigenvalue weighted by Gasteiger charge is -2.03. The Morgan fingerprint density at radius 1 is 0.824 bits per heavy atom. The highest BCUT2D eigenvalue weighted by molar-refractivity contribution is 5.87. The van der Waals surface area contributed by atoms with Crippen LogP contribution in [0.25, 0.3) is 22.0 Å². The predicted molar refractivity (Wildman–Crippen MR) is 71.6 cm³/mol. The van der Waals surface area contributed by atoms with Crippen molar-refractivity contribution in [2.24, 2.45) is 0 Å². The number of anilines is 1. The predicted octanol–water partition coefficient (Wildman–Crippen LogP) is 3.48. The zero-order valence-electron chi connectivity index (χ0n) is 9.30. The molecule has 1 heterocycles. The fourth-order valence-corrected chi connectivity index (χ4v) is 1.93. The summed E-state index contributed by atoms with van der Waals surface area (Å²) in [5.41, 5.74) is 8.67. The second-order valence-corrected chi connectivity index (χ2v) is 4.04. The molecule has 0 amide bonds. The average molecular weight is 220 g/mol. The smallest absolute Gasteiger partial charge is 0.0708 e. The average Bonchev–Trinajstić information content (AvgIpc) is 2.39. The summed E-state index contributed by atoms with van der Waals surface area (Å²) in [7, 11) is 0. The molecule has 0 spiro atoms. The van der Waals surface area contributed by atoms with Crippen molar-refractivity contribution in [2.45, 2.75) is 0 Å². The molecule has 0 bridgehead atoms. The van der Waals surface area contributed by atoms with Gasteiger partial charge in [0.2, 0.25) is 0 Å². The first-order valence-corrected chi connectivity index (χ1v) is 5.54. The van der Waals surface area contributed by atoms with E-state index in [4.69, 9.17) is 5.73 Å². The summed E-state index contributed by atoms with van der Waals surface area (Å²) in [6.45, 7) is 0. The SMILES string of the molecule is Nc1ccc2cnc(-c3ccccc3)cc2c1. The Morgan fingerprint density at radius 2 is 1.65 bits per heavy atom. The molecule has 0 aliphatic carbocycles. The van der Waals surface area contributed by atoms with Crippen molar-refractivity contribution >= 4 is 16.5 Å². The van der Waals surface area contributed by atoms with Gasteiger partial charge in [-0.25, -0.2) is 0 Å². The van der Waals surface area contributed by atoms with Crippen molar-refractivity contribution in [3.05, 3.63) is 60.8 Å². The van der Waals surface area contributed by atoms with Crippen molar-refractivity contribution in [1.29, 1.82) is 0 Å². The molecule has 1 aromatic heterocycles. The number of hydrogen-bond donors (Lipinski definition) is 1. The van der Waals surface area contributed by atoms with E-state index in [0.29, 0.717) is 0 Å². The third-order valence-corrected chi connectivity index (χ3v) is 2.82. The van der Waals surface area contributed by atoms with Gasteiger partial charge >= 0.3 is 0 Å². The van der Waals surface area contributed by atoms with Crippen LogP contribution in [0.3, 0.4) is 0 Å². The van der Waals surface area contributed by atoms with E-state index in [-0.39, 0.29) is 0 Å². The highest BCUT2D eigenvalue weighted by Gasteiger charge is 2.00. The highest BCUT2D eigenvalue weighted by atomic mass is 14.7. The number of nitrogens with zero attached hydrogens (tertiary/aromatic N) is 1. The molecule has 0 atom stereocenters. The zero-order chi connectivity index (χ0) is 11.7. The molecular formula is C15H12N2. The van der Waals surface area contributed by atoms with E-state index in [1.807, 2.05) is 42.6 Å². The summed E-state index contributed by atoms with van der Waals surface area (Å²) in [6.07, 6.45) is 1.89. The molecule has 82 valence electrons. The fourth-order valence-electron chi connectivity index (χ4n) is 1.93. The lowest BCUT2D eigenvalue weighted by atomic mass is 10.1. The number of fused-ring (bicyclic) bond motifs is 1. The van der Waals surface area contributed by atoms with E-state index in [1.54, 1.807) is 0 Å². The van der Waals surface area contributed by atoms with Crippen LogP contribution in [-0.2, 0) is 0 Å². The number of nitrogens with two attached hydrogens (primary N) is 1. The molecule has 0 aliphatic heterocycles.